The molecule has 7 saturated carbocycles. The molecule has 0 spiro atoms. The summed E-state index contributed by atoms with van der Waals surface area (Å²) >= 11 is 0. The van der Waals surface area contributed by atoms with Crippen LogP contribution < -0.4 is 34.3 Å². The first-order valence-electron chi connectivity index (χ1n) is 46.4. The van der Waals surface area contributed by atoms with E-state index >= 15 is 0 Å². The van der Waals surface area contributed by atoms with Gasteiger partial charge in [0.05, 0.1) is 131 Å². The van der Waals surface area contributed by atoms with Gasteiger partial charge in [-0.05, 0) is 238 Å². The first-order valence-corrected chi connectivity index (χ1v) is 46.4. The van der Waals surface area contributed by atoms with Crippen molar-refractivity contribution >= 4 is 35.8 Å². The van der Waals surface area contributed by atoms with E-state index in [9.17, 15) is 39.6 Å². The van der Waals surface area contributed by atoms with E-state index in [1.807, 2.05) is 90.4 Å². The molecule has 710 valence electrons. The molecule has 7 fully saturated rings. The minimum absolute atomic E-state index is 0.108. The van der Waals surface area contributed by atoms with Crippen molar-refractivity contribution in [3.63, 3.8) is 0 Å². The molecule has 0 radical (unpaired) electrons. The minimum atomic E-state index is -0.754. The highest BCUT2D eigenvalue weighted by Crippen LogP contribution is 2.41. The molecule has 12 aromatic rings. The lowest BCUT2D eigenvalue weighted by molar-refractivity contribution is -0.144. The molecule has 8 atom stereocenters. The number of ether oxygens (including phenoxy) is 5. The van der Waals surface area contributed by atoms with Crippen molar-refractivity contribution in [1.82, 2.24) is 120 Å². The molecule has 0 amide bonds. The van der Waals surface area contributed by atoms with Gasteiger partial charge in [0.2, 0.25) is 23.6 Å². The Morgan fingerprint density at radius 2 is 0.858 bits per heavy atom. The number of carbonyl (C=O) groups is 4. The highest BCUT2D eigenvalue weighted by molar-refractivity contribution is 5.72. The molecule has 0 saturated heterocycles. The minimum Gasteiger partial charge on any atom is -0.489 e. The number of pyridine rings is 4. The van der Waals surface area contributed by atoms with E-state index in [-0.39, 0.29) is 60.7 Å². The van der Waals surface area contributed by atoms with Crippen molar-refractivity contribution in [3.05, 3.63) is 124 Å². The van der Waals surface area contributed by atoms with E-state index in [2.05, 4.69) is 109 Å². The molecule has 43 heteroatoms. The molecule has 0 aromatic carbocycles. The molecular weight excluding hydrogens is 1730 g/mol. The Hall–Kier alpha value is -13.8. The SMILES string of the molecule is CCCCc1nc(NCc2c(-c3ccc(O[C@H]4CCC[C@H](C(=O)O)C4)c(C)n3)nnn2C)no1.Cc1nc(-c2nnn(C)c2COc2noc(C3CC3)n2)ccc1O[C@H]1CCC[C@H](C(=O)O)C1.Cc1nc(-c2nnn(C)c2Cc2noc(CC3CC3)n2)ccc1O[C@H]1CCC[C@H](C(=O)O)C1.Cn1nnc(-c2ccc(O[C@H]3CCC[C@H](C(=O)O)C3)cn2)c1CNc1noc(CCC2CC2)n1. The van der Waals surface area contributed by atoms with E-state index in [0.29, 0.717) is 198 Å². The topological polar surface area (TPSA) is 549 Å². The molecular formula is C91H114N26O17. The number of nitrogens with one attached hydrogen (secondary N) is 2. The van der Waals surface area contributed by atoms with Crippen LogP contribution in [-0.2, 0) is 92.7 Å². The van der Waals surface area contributed by atoms with Gasteiger partial charge in [-0.2, -0.15) is 19.9 Å². The predicted molar refractivity (Wildman–Crippen MR) is 474 cm³/mol. The fourth-order valence-electron chi connectivity index (χ4n) is 17.0. The van der Waals surface area contributed by atoms with Crippen LogP contribution in [-0.4, -0.2) is 189 Å². The van der Waals surface area contributed by atoms with Crippen molar-refractivity contribution < 1.29 is 81.4 Å². The highest BCUT2D eigenvalue weighted by atomic mass is 16.6. The summed E-state index contributed by atoms with van der Waals surface area (Å²) in [6.07, 6.45) is 26.2. The lowest BCUT2D eigenvalue weighted by atomic mass is 9.87. The third kappa shape index (κ3) is 24.7. The van der Waals surface area contributed by atoms with Gasteiger partial charge in [0.15, 0.2) is 5.82 Å². The number of aromatic nitrogens is 24. The zero-order valence-electron chi connectivity index (χ0n) is 76.5. The zero-order valence-corrected chi connectivity index (χ0v) is 76.5. The zero-order chi connectivity index (χ0) is 93.5. The fraction of sp³-hybridized carbons (Fsp3) is 0.560. The first-order chi connectivity index (χ1) is 64.9. The van der Waals surface area contributed by atoms with Gasteiger partial charge >= 0.3 is 29.9 Å². The number of aliphatic carboxylic acids is 4. The smallest absolute Gasteiger partial charge is 0.354 e. The first kappa shape index (κ1) is 93.4. The molecule has 134 heavy (non-hydrogen) atoms. The van der Waals surface area contributed by atoms with Crippen molar-refractivity contribution in [3.8, 4) is 74.6 Å². The lowest BCUT2D eigenvalue weighted by Crippen LogP contribution is -2.29. The molecule has 0 unspecified atom stereocenters. The second-order valence-corrected chi connectivity index (χ2v) is 35.7. The largest absolute Gasteiger partial charge is 0.489 e. The summed E-state index contributed by atoms with van der Waals surface area (Å²) in [6, 6.07) is 15.0. The average molecular weight is 1840 g/mol. The molecule has 0 bridgehead atoms. The summed E-state index contributed by atoms with van der Waals surface area (Å²) in [5.74, 6) is 4.16. The second kappa shape index (κ2) is 43.3. The maximum atomic E-state index is 11.3. The Balaban J connectivity index is 0.000000130. The van der Waals surface area contributed by atoms with Crippen molar-refractivity contribution in [2.45, 2.75) is 264 Å². The Morgan fingerprint density at radius 3 is 1.30 bits per heavy atom. The molecule has 7 aliphatic rings. The number of nitrogens with zero attached hydrogens (tertiary/aromatic N) is 24. The monoisotopic (exact) mass is 1840 g/mol. The normalized spacial score (nSPS) is 19.9. The summed E-state index contributed by atoms with van der Waals surface area (Å²) < 4.78 is 58.0. The summed E-state index contributed by atoms with van der Waals surface area (Å²) in [4.78, 5) is 81.5. The van der Waals surface area contributed by atoms with Crippen LogP contribution >= 0.6 is 0 Å². The lowest BCUT2D eigenvalue weighted by Gasteiger charge is -2.27. The number of carboxylic acids is 4. The maximum absolute atomic E-state index is 11.3. The summed E-state index contributed by atoms with van der Waals surface area (Å²) in [5.41, 5.74) is 10.7. The number of rotatable bonds is 36. The number of unbranched alkanes of at least 4 members (excludes halogenated alkanes) is 1. The van der Waals surface area contributed by atoms with Crippen LogP contribution in [0.15, 0.2) is 72.8 Å². The van der Waals surface area contributed by atoms with Crippen LogP contribution in [0.5, 0.6) is 29.0 Å². The molecule has 7 aliphatic carbocycles. The molecule has 43 nitrogen and oxygen atoms in total. The van der Waals surface area contributed by atoms with Crippen LogP contribution in [0.3, 0.4) is 0 Å². The Bertz CT molecular complexity index is 5980. The Labute approximate surface area is 770 Å². The quantitative estimate of drug-likeness (QED) is 0.0212. The van der Waals surface area contributed by atoms with Gasteiger partial charge < -0.3 is 72.8 Å². The van der Waals surface area contributed by atoms with Gasteiger partial charge in [0.1, 0.15) is 58.1 Å². The fourth-order valence-corrected chi connectivity index (χ4v) is 17.0. The van der Waals surface area contributed by atoms with Gasteiger partial charge in [-0.3, -0.25) is 28.8 Å². The maximum Gasteiger partial charge on any atom is 0.354 e. The van der Waals surface area contributed by atoms with E-state index < -0.39 is 23.9 Å². The highest BCUT2D eigenvalue weighted by Gasteiger charge is 2.36. The van der Waals surface area contributed by atoms with Crippen LogP contribution in [0, 0.1) is 56.3 Å². The van der Waals surface area contributed by atoms with Crippen molar-refractivity contribution in [2.75, 3.05) is 10.6 Å². The van der Waals surface area contributed by atoms with Gasteiger partial charge in [-0.25, -0.2) is 29.0 Å². The second-order valence-electron chi connectivity index (χ2n) is 35.7. The number of anilines is 2. The number of carboxylic acid groups (broad SMARTS) is 4. The van der Waals surface area contributed by atoms with E-state index in [1.54, 1.807) is 32.0 Å². The van der Waals surface area contributed by atoms with Crippen LogP contribution in [0.1, 0.15) is 243 Å². The van der Waals surface area contributed by atoms with E-state index in [1.165, 1.54) is 25.7 Å². The Morgan fingerprint density at radius 1 is 0.433 bits per heavy atom. The Kier molecular flexibility index (Phi) is 30.2. The predicted octanol–water partition coefficient (Wildman–Crippen LogP) is 13.0. The number of hydrogen-bond acceptors (Lipinski definition) is 35. The number of aryl methyl sites for hydroxylation is 9. The van der Waals surface area contributed by atoms with Gasteiger partial charge in [-0.15, -0.1) is 20.4 Å². The molecule has 6 N–H and O–H groups in total. The summed E-state index contributed by atoms with van der Waals surface area (Å²) in [5, 5.41) is 93.3. The molecule has 19 rings (SSSR count). The van der Waals surface area contributed by atoms with Gasteiger partial charge in [0.25, 0.3) is 11.9 Å². The summed E-state index contributed by atoms with van der Waals surface area (Å²) in [6.45, 7) is 8.73. The van der Waals surface area contributed by atoms with Gasteiger partial charge in [0, 0.05) is 53.4 Å². The van der Waals surface area contributed by atoms with Crippen LogP contribution in [0.4, 0.5) is 11.9 Å². The summed E-state index contributed by atoms with van der Waals surface area (Å²) in [7, 11) is 7.27. The van der Waals surface area contributed by atoms with Gasteiger partial charge in [-0.1, -0.05) is 52.2 Å². The standard InChI is InChI=1S/C23H29N7O4.C23H31N7O4.C23H28N6O4.C22H26N6O5/c1-30-19(13-25-23-26-20(34-28-23)10-7-14-5-6-14)21(27-29-30)18-9-8-17(12-24-18)33-16-4-2-3-15(11-16)22(31)32;1-4-5-9-20-26-23(28-34-20)24-13-18-21(27-29-30(18)3)17-10-11-19(14(2)25-17)33-16-8-6-7-15(12-16)22(31)32;1-13-19(32-16-5-3-4-15(11-16)23(30)31)9-8-17(24-13)22-18(29(2)28-26-22)12-20-25-21(33-27-20)10-14-6-7-14;1-12-18(32-15-5-3-4-14(10-15)21(29)30)9-8-16(23-12)19-17(28(2)27-25-19)11-31-22-24-20(33-26-22)13-6-7-13/h8-9,12,14-16H,2-7,10-11,13H2,1H3,(H,25,28)(H,31,32);10-11,15-16H,4-9,12-13H2,1-3H3,(H,24,28)(H,31,32);8-9,14-16H,3-7,10-12H2,1-2H3,(H,30,31);8-9,13-15H,3-7,10-11H2,1-2H3,(H,29,30)/t3*15-,16-;14-,15-/m0000/s1. The van der Waals surface area contributed by atoms with Crippen LogP contribution in [0.2, 0.25) is 0 Å². The number of hydrogen-bond donors (Lipinski definition) is 6. The molecule has 12 heterocycles. The van der Waals surface area contributed by atoms with Crippen molar-refractivity contribution in [1.29, 1.82) is 0 Å². The third-order valence-electron chi connectivity index (χ3n) is 25.3. The third-order valence-corrected chi connectivity index (χ3v) is 25.3. The van der Waals surface area contributed by atoms with E-state index in [0.717, 1.165) is 143 Å². The van der Waals surface area contributed by atoms with Crippen molar-refractivity contribution in [2.24, 2.45) is 63.7 Å². The van der Waals surface area contributed by atoms with E-state index in [4.69, 9.17) is 51.7 Å². The average Bonchev–Trinajstić information content (AvgIpc) is 1.64. The van der Waals surface area contributed by atoms with Crippen LogP contribution in [0.25, 0.3) is 45.6 Å². The molecule has 12 aromatic heterocycles. The molecule has 0 aliphatic heterocycles.